The number of nitrogens with one attached hydrogen (secondary N) is 1. The summed E-state index contributed by atoms with van der Waals surface area (Å²) in [6.07, 6.45) is 1.61. The molecule has 0 radical (unpaired) electrons. The fourth-order valence-corrected chi connectivity index (χ4v) is 5.13. The number of amides is 1. The Morgan fingerprint density at radius 1 is 1.19 bits per heavy atom. The van der Waals surface area contributed by atoms with Gasteiger partial charge in [-0.3, -0.25) is 4.79 Å². The monoisotopic (exact) mass is 510 g/mol. The van der Waals surface area contributed by atoms with Crippen LogP contribution >= 0.6 is 35.0 Å². The van der Waals surface area contributed by atoms with E-state index in [-0.39, 0.29) is 28.1 Å². The number of anilines is 1. The van der Waals surface area contributed by atoms with E-state index in [0.717, 1.165) is 17.3 Å². The summed E-state index contributed by atoms with van der Waals surface area (Å²) in [5, 5.41) is 12.0. The van der Waals surface area contributed by atoms with E-state index in [0.29, 0.717) is 27.4 Å². The number of halogens is 2. The maximum atomic E-state index is 12.8. The molecule has 2 aromatic carbocycles. The Hall–Kier alpha value is -2.33. The van der Waals surface area contributed by atoms with Gasteiger partial charge < -0.3 is 9.88 Å². The first-order valence-corrected chi connectivity index (χ1v) is 12.8. The van der Waals surface area contributed by atoms with Gasteiger partial charge in [-0.25, -0.2) is 8.42 Å². The molecule has 11 heteroatoms. The van der Waals surface area contributed by atoms with Gasteiger partial charge in [0.1, 0.15) is 11.6 Å². The summed E-state index contributed by atoms with van der Waals surface area (Å²) in [5.74, 6) is -0.350. The van der Waals surface area contributed by atoms with Crippen molar-refractivity contribution in [2.75, 3.05) is 11.1 Å². The van der Waals surface area contributed by atoms with E-state index in [1.54, 1.807) is 53.1 Å². The molecule has 0 saturated carbocycles. The van der Waals surface area contributed by atoms with Crippen LogP contribution in [0.25, 0.3) is 0 Å². The molecule has 0 bridgehead atoms. The van der Waals surface area contributed by atoms with E-state index in [4.69, 9.17) is 23.2 Å². The number of thioether (sulfide) groups is 1. The molecule has 32 heavy (non-hydrogen) atoms. The molecule has 1 aromatic heterocycles. The second-order valence-corrected chi connectivity index (χ2v) is 10.6. The summed E-state index contributed by atoms with van der Waals surface area (Å²) >= 11 is 13.1. The Labute approximate surface area is 200 Å². The number of sulfone groups is 1. The number of aromatic nitrogens is 3. The minimum absolute atomic E-state index is 0.0167. The fraction of sp³-hybridized carbons (Fsp3) is 0.190. The van der Waals surface area contributed by atoms with E-state index >= 15 is 0 Å². The maximum absolute atomic E-state index is 12.8. The van der Waals surface area contributed by atoms with Crippen LogP contribution in [0.1, 0.15) is 11.4 Å². The molecule has 1 amide bonds. The van der Waals surface area contributed by atoms with Gasteiger partial charge in [0.2, 0.25) is 5.91 Å². The molecule has 3 aromatic rings. The highest BCUT2D eigenvalue weighted by atomic mass is 35.5. The molecule has 0 spiro atoms. The zero-order chi connectivity index (χ0) is 23.3. The predicted molar refractivity (Wildman–Crippen MR) is 128 cm³/mol. The zero-order valence-corrected chi connectivity index (χ0v) is 20.2. The lowest BCUT2D eigenvalue weighted by Crippen LogP contribution is -2.15. The largest absolute Gasteiger partial charge is 0.324 e. The van der Waals surface area contributed by atoms with Gasteiger partial charge in [-0.2, -0.15) is 0 Å². The number of nitrogens with zero attached hydrogens (tertiary/aromatic N) is 3. The standard InChI is InChI=1S/C21H20Cl2N4O3S2/c1-3-10-27-19(13-32(29,30)16-7-4-14(2)5-8-16)25-26-21(27)31-12-20(28)24-18-11-15(22)6-9-17(18)23/h3-9,11H,1,10,12-13H2,2H3,(H,24,28). The van der Waals surface area contributed by atoms with Crippen LogP contribution in [0.3, 0.4) is 0 Å². The van der Waals surface area contributed by atoms with Crippen molar-refractivity contribution >= 4 is 56.4 Å². The van der Waals surface area contributed by atoms with Crippen LogP contribution in [0.4, 0.5) is 5.69 Å². The summed E-state index contributed by atoms with van der Waals surface area (Å²) in [7, 11) is -3.61. The molecule has 168 valence electrons. The number of aryl methyl sites for hydroxylation is 1. The van der Waals surface area contributed by atoms with E-state index < -0.39 is 9.84 Å². The van der Waals surface area contributed by atoms with Crippen molar-refractivity contribution in [3.8, 4) is 0 Å². The van der Waals surface area contributed by atoms with Gasteiger partial charge >= 0.3 is 0 Å². The van der Waals surface area contributed by atoms with E-state index in [2.05, 4.69) is 22.1 Å². The van der Waals surface area contributed by atoms with Crippen molar-refractivity contribution in [2.24, 2.45) is 0 Å². The van der Waals surface area contributed by atoms with Crippen LogP contribution in [-0.4, -0.2) is 34.8 Å². The van der Waals surface area contributed by atoms with Gasteiger partial charge in [0, 0.05) is 11.6 Å². The van der Waals surface area contributed by atoms with E-state index in [9.17, 15) is 13.2 Å². The van der Waals surface area contributed by atoms with Crippen LogP contribution in [-0.2, 0) is 26.9 Å². The Kier molecular flexibility index (Phi) is 8.00. The quantitative estimate of drug-likeness (QED) is 0.328. The van der Waals surface area contributed by atoms with E-state index in [1.165, 1.54) is 0 Å². The molecular formula is C21H20Cl2N4O3S2. The molecule has 0 saturated heterocycles. The summed E-state index contributed by atoms with van der Waals surface area (Å²) < 4.78 is 27.2. The van der Waals surface area contributed by atoms with Gasteiger partial charge in [-0.1, -0.05) is 58.7 Å². The molecule has 1 heterocycles. The number of allylic oxidation sites excluding steroid dienone is 1. The predicted octanol–water partition coefficient (Wildman–Crippen LogP) is 4.78. The summed E-state index contributed by atoms with van der Waals surface area (Å²) in [4.78, 5) is 12.6. The second kappa shape index (κ2) is 10.5. The lowest BCUT2D eigenvalue weighted by molar-refractivity contribution is -0.113. The molecule has 0 aliphatic carbocycles. The molecule has 3 rings (SSSR count). The topological polar surface area (TPSA) is 93.9 Å². The van der Waals surface area contributed by atoms with Gasteiger partial charge in [0.05, 0.1) is 21.4 Å². The zero-order valence-electron chi connectivity index (χ0n) is 17.1. The van der Waals surface area contributed by atoms with Crippen molar-refractivity contribution in [3.05, 3.63) is 76.6 Å². The molecule has 0 unspecified atom stereocenters. The first-order valence-electron chi connectivity index (χ1n) is 9.39. The van der Waals surface area contributed by atoms with Crippen molar-refractivity contribution in [1.82, 2.24) is 14.8 Å². The minimum atomic E-state index is -3.61. The van der Waals surface area contributed by atoms with Crippen LogP contribution in [0.15, 0.2) is 65.2 Å². The lowest BCUT2D eigenvalue weighted by atomic mass is 10.2. The second-order valence-electron chi connectivity index (χ2n) is 6.83. The minimum Gasteiger partial charge on any atom is -0.324 e. The third kappa shape index (κ3) is 6.13. The van der Waals surface area contributed by atoms with Crippen LogP contribution < -0.4 is 5.32 Å². The SMILES string of the molecule is C=CCn1c(CS(=O)(=O)c2ccc(C)cc2)nnc1SCC(=O)Nc1cc(Cl)ccc1Cl. The third-order valence-corrected chi connectivity index (χ3v) is 7.50. The van der Waals surface area contributed by atoms with Gasteiger partial charge in [-0.15, -0.1) is 16.8 Å². The maximum Gasteiger partial charge on any atom is 0.234 e. The Balaban J connectivity index is 1.73. The number of carbonyl (C=O) groups is 1. The molecule has 1 N–H and O–H groups in total. The Bertz CT molecular complexity index is 1240. The number of hydrogen-bond donors (Lipinski definition) is 1. The molecule has 0 fully saturated rings. The highest BCUT2D eigenvalue weighted by Crippen LogP contribution is 2.26. The summed E-state index contributed by atoms with van der Waals surface area (Å²) in [6, 6.07) is 11.4. The highest BCUT2D eigenvalue weighted by molar-refractivity contribution is 7.99. The number of hydrogen-bond acceptors (Lipinski definition) is 6. The number of rotatable bonds is 9. The Morgan fingerprint density at radius 2 is 1.91 bits per heavy atom. The van der Waals surface area contributed by atoms with Crippen molar-refractivity contribution in [2.45, 2.75) is 29.3 Å². The molecule has 0 atom stereocenters. The summed E-state index contributed by atoms with van der Waals surface area (Å²) in [6.45, 7) is 5.90. The lowest BCUT2D eigenvalue weighted by Gasteiger charge is -2.10. The van der Waals surface area contributed by atoms with E-state index in [1.807, 2.05) is 6.92 Å². The number of carbonyl (C=O) groups excluding carboxylic acids is 1. The smallest absolute Gasteiger partial charge is 0.234 e. The molecular weight excluding hydrogens is 491 g/mol. The van der Waals surface area contributed by atoms with Gasteiger partial charge in [-0.05, 0) is 37.3 Å². The van der Waals surface area contributed by atoms with Crippen molar-refractivity contribution in [3.63, 3.8) is 0 Å². The van der Waals surface area contributed by atoms with Crippen LogP contribution in [0.5, 0.6) is 0 Å². The molecule has 0 aliphatic heterocycles. The van der Waals surface area contributed by atoms with Crippen molar-refractivity contribution in [1.29, 1.82) is 0 Å². The van der Waals surface area contributed by atoms with Crippen LogP contribution in [0, 0.1) is 6.92 Å². The Morgan fingerprint density at radius 3 is 2.59 bits per heavy atom. The summed E-state index contributed by atoms with van der Waals surface area (Å²) in [5.41, 5.74) is 1.37. The molecule has 0 aliphatic rings. The fourth-order valence-electron chi connectivity index (χ4n) is 2.75. The normalized spacial score (nSPS) is 11.3. The first-order chi connectivity index (χ1) is 15.2. The molecule has 7 nitrogen and oxygen atoms in total. The average Bonchev–Trinajstić information content (AvgIpc) is 3.10. The van der Waals surface area contributed by atoms with Gasteiger partial charge in [0.15, 0.2) is 15.0 Å². The van der Waals surface area contributed by atoms with Crippen molar-refractivity contribution < 1.29 is 13.2 Å². The van der Waals surface area contributed by atoms with Gasteiger partial charge in [0.25, 0.3) is 0 Å². The number of benzene rings is 2. The van der Waals surface area contributed by atoms with Crippen LogP contribution in [0.2, 0.25) is 10.0 Å². The average molecular weight is 511 g/mol. The highest BCUT2D eigenvalue weighted by Gasteiger charge is 2.22. The first kappa shape index (κ1) is 24.3. The third-order valence-electron chi connectivity index (χ3n) is 4.34.